The number of hydrogen-bond acceptors (Lipinski definition) is 4. The molecule has 0 radical (unpaired) electrons. The molecule has 170 valence electrons. The van der Waals surface area contributed by atoms with Gasteiger partial charge in [0.2, 0.25) is 0 Å². The molecule has 29 heavy (non-hydrogen) atoms. The van der Waals surface area contributed by atoms with Crippen LogP contribution in [0.15, 0.2) is 0 Å². The van der Waals surface area contributed by atoms with Crippen LogP contribution in [0, 0.1) is 17.3 Å². The molecule has 2 fully saturated rings. The summed E-state index contributed by atoms with van der Waals surface area (Å²) in [6.45, 7) is 21.6. The third-order valence-electron chi connectivity index (χ3n) is 7.93. The molecule has 0 saturated carbocycles. The predicted octanol–water partition coefficient (Wildman–Crippen LogP) is 4.58. The molecule has 0 spiro atoms. The minimum absolute atomic E-state index is 0.266. The highest BCUT2D eigenvalue weighted by atomic mass is 16.1. The van der Waals surface area contributed by atoms with Crippen molar-refractivity contribution < 1.29 is 4.79 Å². The number of hydrogen-bond donors (Lipinski definition) is 1. The molecule has 0 amide bonds. The molecule has 0 aliphatic carbocycles. The Bertz CT molecular complexity index is 458. The third-order valence-corrected chi connectivity index (χ3v) is 7.93. The number of carbonyl (C=O) groups excluding carboxylic acids is 1. The zero-order valence-electron chi connectivity index (χ0n) is 20.5. The van der Waals surface area contributed by atoms with Gasteiger partial charge >= 0.3 is 0 Å². The van der Waals surface area contributed by atoms with Crippen molar-refractivity contribution in [3.8, 4) is 0 Å². The molecule has 0 aromatic carbocycles. The van der Waals surface area contributed by atoms with Gasteiger partial charge in [-0.15, -0.1) is 0 Å². The van der Waals surface area contributed by atoms with Crippen LogP contribution < -0.4 is 5.32 Å². The summed E-state index contributed by atoms with van der Waals surface area (Å²) in [6.07, 6.45) is 6.98. The van der Waals surface area contributed by atoms with E-state index in [9.17, 15) is 4.79 Å². The summed E-state index contributed by atoms with van der Waals surface area (Å²) < 4.78 is 0. The van der Waals surface area contributed by atoms with Gasteiger partial charge in [0, 0.05) is 31.1 Å². The second kappa shape index (κ2) is 11.2. The van der Waals surface area contributed by atoms with E-state index in [0.29, 0.717) is 23.9 Å². The Morgan fingerprint density at radius 1 is 0.862 bits per heavy atom. The van der Waals surface area contributed by atoms with E-state index in [4.69, 9.17) is 0 Å². The van der Waals surface area contributed by atoms with E-state index in [1.165, 1.54) is 51.9 Å². The van der Waals surface area contributed by atoms with Gasteiger partial charge in [-0.1, -0.05) is 13.8 Å². The molecular weight excluding hydrogens is 358 g/mol. The Morgan fingerprint density at radius 2 is 1.28 bits per heavy atom. The summed E-state index contributed by atoms with van der Waals surface area (Å²) in [4.78, 5) is 17.3. The van der Waals surface area contributed by atoms with Gasteiger partial charge in [0.25, 0.3) is 0 Å². The predicted molar refractivity (Wildman–Crippen MR) is 124 cm³/mol. The lowest BCUT2D eigenvalue weighted by Crippen LogP contribution is -2.54. The van der Waals surface area contributed by atoms with Crippen LogP contribution in [0.1, 0.15) is 87.0 Å². The average molecular weight is 408 g/mol. The maximum Gasteiger partial charge on any atom is 0.129 e. The van der Waals surface area contributed by atoms with E-state index >= 15 is 0 Å². The molecule has 2 rings (SSSR count). The van der Waals surface area contributed by atoms with E-state index in [0.717, 1.165) is 31.2 Å². The van der Waals surface area contributed by atoms with E-state index in [1.54, 1.807) is 6.92 Å². The Balaban J connectivity index is 2.24. The van der Waals surface area contributed by atoms with Crippen molar-refractivity contribution in [1.29, 1.82) is 0 Å². The first-order valence-electron chi connectivity index (χ1n) is 12.4. The van der Waals surface area contributed by atoms with Crippen molar-refractivity contribution in [3.63, 3.8) is 0 Å². The standard InChI is InChI=1S/C25H49N3O/c1-19(2)26-18-25(13-8-22(7)29,23-9-14-27(15-10-23)20(3)4)24-11-16-28(17-12-24)21(5)6/h19-21,23-24,26H,8-18H2,1-7H3. The average Bonchev–Trinajstić information content (AvgIpc) is 2.68. The molecule has 2 saturated heterocycles. The first-order chi connectivity index (χ1) is 13.7. The Morgan fingerprint density at radius 3 is 1.59 bits per heavy atom. The summed E-state index contributed by atoms with van der Waals surface area (Å²) >= 11 is 0. The van der Waals surface area contributed by atoms with Gasteiger partial charge in [-0.25, -0.2) is 0 Å². The molecular formula is C25H49N3O. The minimum Gasteiger partial charge on any atom is -0.314 e. The molecule has 4 heteroatoms. The van der Waals surface area contributed by atoms with E-state index in [-0.39, 0.29) is 5.41 Å². The fourth-order valence-electron chi connectivity index (χ4n) is 5.90. The van der Waals surface area contributed by atoms with Crippen LogP contribution in [0.5, 0.6) is 0 Å². The van der Waals surface area contributed by atoms with Crippen molar-refractivity contribution >= 4 is 5.78 Å². The second-order valence-electron chi connectivity index (χ2n) is 10.8. The van der Waals surface area contributed by atoms with Crippen molar-refractivity contribution in [2.75, 3.05) is 32.7 Å². The van der Waals surface area contributed by atoms with E-state index in [1.807, 2.05) is 0 Å². The van der Waals surface area contributed by atoms with Crippen LogP contribution >= 0.6 is 0 Å². The largest absolute Gasteiger partial charge is 0.314 e. The number of nitrogens with one attached hydrogen (secondary N) is 1. The van der Waals surface area contributed by atoms with Gasteiger partial charge in [0.1, 0.15) is 5.78 Å². The van der Waals surface area contributed by atoms with Crippen molar-refractivity contribution in [2.24, 2.45) is 17.3 Å². The van der Waals surface area contributed by atoms with Gasteiger partial charge in [-0.05, 0) is 110 Å². The Kier molecular flexibility index (Phi) is 9.63. The summed E-state index contributed by atoms with van der Waals surface area (Å²) in [6, 6.07) is 1.79. The molecule has 4 nitrogen and oxygen atoms in total. The molecule has 2 aliphatic rings. The normalized spacial score (nSPS) is 21.6. The lowest BCUT2D eigenvalue weighted by molar-refractivity contribution is -0.118. The number of likely N-dealkylation sites (tertiary alicyclic amines) is 2. The SMILES string of the molecule is CC(=O)CCC(CNC(C)C)(C1CCN(C(C)C)CC1)C1CCN(C(C)C)CC1. The van der Waals surface area contributed by atoms with Gasteiger partial charge in [0.05, 0.1) is 0 Å². The molecule has 2 heterocycles. The third kappa shape index (κ3) is 6.77. The van der Waals surface area contributed by atoms with Crippen molar-refractivity contribution in [3.05, 3.63) is 0 Å². The first kappa shape index (κ1) is 24.8. The molecule has 0 atom stereocenters. The monoisotopic (exact) mass is 407 g/mol. The van der Waals surface area contributed by atoms with Gasteiger partial charge in [-0.3, -0.25) is 0 Å². The molecule has 0 aromatic heterocycles. The fraction of sp³-hybridized carbons (Fsp3) is 0.960. The summed E-state index contributed by atoms with van der Waals surface area (Å²) in [5.41, 5.74) is 0.266. The fourth-order valence-corrected chi connectivity index (χ4v) is 5.90. The van der Waals surface area contributed by atoms with Crippen LogP contribution in [0.3, 0.4) is 0 Å². The van der Waals surface area contributed by atoms with E-state index < -0.39 is 0 Å². The summed E-state index contributed by atoms with van der Waals surface area (Å²) in [5, 5.41) is 3.83. The van der Waals surface area contributed by atoms with Crippen LogP contribution in [0.4, 0.5) is 0 Å². The Labute approximate surface area is 181 Å². The van der Waals surface area contributed by atoms with Gasteiger partial charge < -0.3 is 19.9 Å². The van der Waals surface area contributed by atoms with Gasteiger partial charge in [0.15, 0.2) is 0 Å². The molecule has 1 N–H and O–H groups in total. The lowest BCUT2D eigenvalue weighted by atomic mass is 9.58. The quantitative estimate of drug-likeness (QED) is 0.575. The highest BCUT2D eigenvalue weighted by Gasteiger charge is 2.46. The molecule has 0 bridgehead atoms. The minimum atomic E-state index is 0.266. The topological polar surface area (TPSA) is 35.6 Å². The van der Waals surface area contributed by atoms with Crippen molar-refractivity contribution in [2.45, 2.75) is 105 Å². The van der Waals surface area contributed by atoms with Crippen LogP contribution in [-0.2, 0) is 4.79 Å². The molecule has 0 unspecified atom stereocenters. The van der Waals surface area contributed by atoms with Crippen LogP contribution in [-0.4, -0.2) is 66.4 Å². The van der Waals surface area contributed by atoms with Gasteiger partial charge in [-0.2, -0.15) is 0 Å². The summed E-state index contributed by atoms with van der Waals surface area (Å²) in [7, 11) is 0. The molecule has 0 aromatic rings. The zero-order chi connectivity index (χ0) is 21.6. The zero-order valence-corrected chi connectivity index (χ0v) is 20.5. The smallest absolute Gasteiger partial charge is 0.129 e. The highest BCUT2D eigenvalue weighted by Crippen LogP contribution is 2.49. The number of nitrogens with zero attached hydrogens (tertiary/aromatic N) is 2. The van der Waals surface area contributed by atoms with E-state index in [2.05, 4.69) is 56.7 Å². The number of Topliss-reactive ketones (excluding diaryl/α,β-unsaturated/α-hetero) is 1. The number of rotatable bonds is 10. The second-order valence-corrected chi connectivity index (χ2v) is 10.8. The first-order valence-corrected chi connectivity index (χ1v) is 12.4. The maximum absolute atomic E-state index is 12.0. The maximum atomic E-state index is 12.0. The van der Waals surface area contributed by atoms with Crippen LogP contribution in [0.2, 0.25) is 0 Å². The van der Waals surface area contributed by atoms with Crippen LogP contribution in [0.25, 0.3) is 0 Å². The van der Waals surface area contributed by atoms with Crippen molar-refractivity contribution in [1.82, 2.24) is 15.1 Å². The Hall–Kier alpha value is -0.450. The summed E-state index contributed by atoms with van der Waals surface area (Å²) in [5.74, 6) is 1.83. The number of piperidine rings is 2. The molecule has 2 aliphatic heterocycles. The lowest BCUT2D eigenvalue weighted by Gasteiger charge is -2.53. The number of ketones is 1. The number of carbonyl (C=O) groups is 1. The highest BCUT2D eigenvalue weighted by molar-refractivity contribution is 5.75.